The number of benzene rings is 1. The maximum atomic E-state index is 13.3. The van der Waals surface area contributed by atoms with Crippen molar-refractivity contribution in [2.45, 2.75) is 31.7 Å². The van der Waals surface area contributed by atoms with E-state index in [0.29, 0.717) is 5.92 Å². The molecule has 1 aliphatic carbocycles. The van der Waals surface area contributed by atoms with Crippen LogP contribution in [0.15, 0.2) is 18.2 Å². The lowest BCUT2D eigenvalue weighted by molar-refractivity contribution is 0.240. The Labute approximate surface area is 99.4 Å². The fourth-order valence-corrected chi connectivity index (χ4v) is 2.94. The lowest BCUT2D eigenvalue weighted by Crippen LogP contribution is -2.40. The van der Waals surface area contributed by atoms with Crippen molar-refractivity contribution < 1.29 is 9.18 Å². The van der Waals surface area contributed by atoms with Crippen molar-refractivity contribution in [3.63, 3.8) is 0 Å². The highest BCUT2D eigenvalue weighted by Crippen LogP contribution is 2.40. The summed E-state index contributed by atoms with van der Waals surface area (Å²) < 4.78 is 13.3. The molecule has 0 aromatic heterocycles. The average Bonchev–Trinajstić information content (AvgIpc) is 2.82. The standard InChI is InChI=1S/C13H15FN2O/c14-9-5-6-11-10(7-9)12(16-13(17)15-11)8-3-1-2-4-8/h5-8,12H,1-4H2,(H2,15,16,17). The van der Waals surface area contributed by atoms with Crippen LogP contribution in [-0.4, -0.2) is 6.03 Å². The summed E-state index contributed by atoms with van der Waals surface area (Å²) in [6.45, 7) is 0. The first-order chi connectivity index (χ1) is 8.24. The summed E-state index contributed by atoms with van der Waals surface area (Å²) in [5, 5.41) is 5.65. The van der Waals surface area contributed by atoms with Gasteiger partial charge in [-0.15, -0.1) is 0 Å². The molecule has 0 spiro atoms. The Morgan fingerprint density at radius 2 is 2.00 bits per heavy atom. The van der Waals surface area contributed by atoms with Gasteiger partial charge < -0.3 is 10.6 Å². The molecule has 1 aromatic carbocycles. The highest BCUT2D eigenvalue weighted by molar-refractivity contribution is 5.93. The number of fused-ring (bicyclic) bond motifs is 1. The second-order valence-electron chi connectivity index (χ2n) is 4.85. The third kappa shape index (κ3) is 1.88. The molecule has 1 aromatic rings. The van der Waals surface area contributed by atoms with Crippen molar-refractivity contribution >= 4 is 11.7 Å². The van der Waals surface area contributed by atoms with Gasteiger partial charge >= 0.3 is 6.03 Å². The molecule has 2 N–H and O–H groups in total. The Kier molecular flexibility index (Phi) is 2.50. The first kappa shape index (κ1) is 10.6. The van der Waals surface area contributed by atoms with Gasteiger partial charge in [-0.2, -0.15) is 0 Å². The van der Waals surface area contributed by atoms with Crippen LogP contribution in [0.2, 0.25) is 0 Å². The highest BCUT2D eigenvalue weighted by atomic mass is 19.1. The lowest BCUT2D eigenvalue weighted by atomic mass is 9.89. The van der Waals surface area contributed by atoms with Crippen molar-refractivity contribution in [2.24, 2.45) is 5.92 Å². The summed E-state index contributed by atoms with van der Waals surface area (Å²) in [4.78, 5) is 11.6. The van der Waals surface area contributed by atoms with Crippen LogP contribution in [0.1, 0.15) is 37.3 Å². The number of carbonyl (C=O) groups is 1. The molecule has 1 heterocycles. The first-order valence-electron chi connectivity index (χ1n) is 6.11. The number of nitrogens with one attached hydrogen (secondary N) is 2. The molecule has 1 atom stereocenters. The summed E-state index contributed by atoms with van der Waals surface area (Å²) in [5.74, 6) is 0.200. The predicted molar refractivity (Wildman–Crippen MR) is 63.3 cm³/mol. The Morgan fingerprint density at radius 1 is 1.24 bits per heavy atom. The van der Waals surface area contributed by atoms with Crippen molar-refractivity contribution in [3.8, 4) is 0 Å². The molecular weight excluding hydrogens is 219 g/mol. The van der Waals surface area contributed by atoms with Gasteiger partial charge in [0.2, 0.25) is 0 Å². The van der Waals surface area contributed by atoms with E-state index in [1.54, 1.807) is 6.07 Å². The summed E-state index contributed by atoms with van der Waals surface area (Å²) in [5.41, 5.74) is 1.63. The molecule has 17 heavy (non-hydrogen) atoms. The Morgan fingerprint density at radius 3 is 2.76 bits per heavy atom. The Bertz CT molecular complexity index is 455. The molecule has 2 aliphatic rings. The molecule has 3 nitrogen and oxygen atoms in total. The highest BCUT2D eigenvalue weighted by Gasteiger charge is 2.32. The minimum atomic E-state index is -0.246. The summed E-state index contributed by atoms with van der Waals surface area (Å²) in [7, 11) is 0. The van der Waals surface area contributed by atoms with Crippen molar-refractivity contribution in [1.29, 1.82) is 0 Å². The van der Waals surface area contributed by atoms with Crippen LogP contribution in [0.3, 0.4) is 0 Å². The number of hydrogen-bond acceptors (Lipinski definition) is 1. The average molecular weight is 234 g/mol. The molecule has 2 amide bonds. The monoisotopic (exact) mass is 234 g/mol. The summed E-state index contributed by atoms with van der Waals surface area (Å²) in [6.07, 6.45) is 4.63. The van der Waals surface area contributed by atoms with Crippen molar-refractivity contribution in [2.75, 3.05) is 5.32 Å². The molecule has 0 bridgehead atoms. The van der Waals surface area contributed by atoms with E-state index in [1.165, 1.54) is 25.0 Å². The van der Waals surface area contributed by atoms with E-state index in [2.05, 4.69) is 10.6 Å². The van der Waals surface area contributed by atoms with Crippen molar-refractivity contribution in [3.05, 3.63) is 29.6 Å². The van der Waals surface area contributed by atoms with Gasteiger partial charge in [0.1, 0.15) is 5.82 Å². The van der Waals surface area contributed by atoms with Gasteiger partial charge in [-0.05, 0) is 37.0 Å². The lowest BCUT2D eigenvalue weighted by Gasteiger charge is -2.31. The van der Waals surface area contributed by atoms with E-state index < -0.39 is 0 Å². The largest absolute Gasteiger partial charge is 0.331 e. The number of halogens is 1. The Balaban J connectivity index is 1.99. The van der Waals surface area contributed by atoms with Crippen LogP contribution in [0.25, 0.3) is 0 Å². The van der Waals surface area contributed by atoms with E-state index in [4.69, 9.17) is 0 Å². The van der Waals surface area contributed by atoms with Gasteiger partial charge in [0.05, 0.1) is 6.04 Å². The van der Waals surface area contributed by atoms with Gasteiger partial charge in [0.25, 0.3) is 0 Å². The number of rotatable bonds is 1. The minimum Gasteiger partial charge on any atom is -0.331 e. The second kappa shape index (κ2) is 4.02. The van der Waals surface area contributed by atoms with Crippen LogP contribution < -0.4 is 10.6 Å². The van der Waals surface area contributed by atoms with Gasteiger partial charge in [0, 0.05) is 11.3 Å². The minimum absolute atomic E-state index is 0.0306. The number of urea groups is 1. The van der Waals surface area contributed by atoms with Crippen LogP contribution in [-0.2, 0) is 0 Å². The van der Waals surface area contributed by atoms with Crippen molar-refractivity contribution in [1.82, 2.24) is 5.32 Å². The number of carbonyl (C=O) groups excluding carboxylic acids is 1. The van der Waals surface area contributed by atoms with Crippen LogP contribution in [0.4, 0.5) is 14.9 Å². The number of anilines is 1. The molecule has 0 radical (unpaired) electrons. The second-order valence-corrected chi connectivity index (χ2v) is 4.85. The smallest absolute Gasteiger partial charge is 0.319 e. The zero-order valence-electron chi connectivity index (χ0n) is 9.50. The molecule has 3 rings (SSSR count). The fourth-order valence-electron chi connectivity index (χ4n) is 2.94. The maximum Gasteiger partial charge on any atom is 0.319 e. The molecule has 1 aliphatic heterocycles. The zero-order valence-corrected chi connectivity index (χ0v) is 9.50. The molecule has 4 heteroatoms. The number of amides is 2. The van der Waals surface area contributed by atoms with Gasteiger partial charge in [-0.1, -0.05) is 12.8 Å². The maximum absolute atomic E-state index is 13.3. The Hall–Kier alpha value is -1.58. The van der Waals surface area contributed by atoms with Gasteiger partial charge in [0.15, 0.2) is 0 Å². The third-order valence-electron chi connectivity index (χ3n) is 3.75. The quantitative estimate of drug-likeness (QED) is 0.769. The van der Waals surface area contributed by atoms with E-state index in [1.807, 2.05) is 0 Å². The normalized spacial score (nSPS) is 24.1. The third-order valence-corrected chi connectivity index (χ3v) is 3.75. The zero-order chi connectivity index (χ0) is 11.8. The van der Waals surface area contributed by atoms with E-state index in [-0.39, 0.29) is 17.9 Å². The number of hydrogen-bond donors (Lipinski definition) is 2. The molecule has 1 saturated carbocycles. The molecule has 0 saturated heterocycles. The van der Waals surface area contributed by atoms with Crippen LogP contribution in [0, 0.1) is 11.7 Å². The predicted octanol–water partition coefficient (Wildman–Crippen LogP) is 3.19. The molecular formula is C13H15FN2O. The van der Waals surface area contributed by atoms with Crippen LogP contribution >= 0.6 is 0 Å². The van der Waals surface area contributed by atoms with Gasteiger partial charge in [-0.3, -0.25) is 0 Å². The first-order valence-corrected chi connectivity index (χ1v) is 6.11. The van der Waals surface area contributed by atoms with E-state index in [9.17, 15) is 9.18 Å². The molecule has 1 unspecified atom stereocenters. The van der Waals surface area contributed by atoms with Crippen LogP contribution in [0.5, 0.6) is 0 Å². The van der Waals surface area contributed by atoms with E-state index >= 15 is 0 Å². The summed E-state index contributed by atoms with van der Waals surface area (Å²) in [6, 6.07) is 4.35. The topological polar surface area (TPSA) is 41.1 Å². The molecule has 90 valence electrons. The molecule has 1 fully saturated rings. The van der Waals surface area contributed by atoms with E-state index in [0.717, 1.165) is 24.1 Å². The summed E-state index contributed by atoms with van der Waals surface area (Å²) >= 11 is 0. The SMILES string of the molecule is O=C1Nc2ccc(F)cc2C(C2CCCC2)N1. The fraction of sp³-hybridized carbons (Fsp3) is 0.462. The van der Waals surface area contributed by atoms with Gasteiger partial charge in [-0.25, -0.2) is 9.18 Å².